The fourth-order valence-corrected chi connectivity index (χ4v) is 4.96. The van der Waals surface area contributed by atoms with E-state index in [1.165, 1.54) is 5.56 Å². The zero-order valence-corrected chi connectivity index (χ0v) is 17.1. The van der Waals surface area contributed by atoms with Crippen molar-refractivity contribution in [1.82, 2.24) is 9.21 Å². The van der Waals surface area contributed by atoms with Crippen molar-refractivity contribution in [3.63, 3.8) is 0 Å². The van der Waals surface area contributed by atoms with Crippen LogP contribution in [-0.4, -0.2) is 50.9 Å². The minimum absolute atomic E-state index is 0.0744. The van der Waals surface area contributed by atoms with Gasteiger partial charge in [-0.25, -0.2) is 8.42 Å². The first-order valence-corrected chi connectivity index (χ1v) is 10.9. The van der Waals surface area contributed by atoms with E-state index in [1.54, 1.807) is 11.4 Å². The van der Waals surface area contributed by atoms with E-state index in [1.807, 2.05) is 44.2 Å². The van der Waals surface area contributed by atoms with Crippen molar-refractivity contribution in [2.75, 3.05) is 33.3 Å². The molecule has 1 saturated heterocycles. The highest BCUT2D eigenvalue weighted by molar-refractivity contribution is 7.88. The van der Waals surface area contributed by atoms with Gasteiger partial charge in [0.1, 0.15) is 5.75 Å². The van der Waals surface area contributed by atoms with Gasteiger partial charge in [-0.2, -0.15) is 4.31 Å². The number of hydrogen-bond acceptors (Lipinski definition) is 4. The highest BCUT2D eigenvalue weighted by Crippen LogP contribution is 2.20. The Morgan fingerprint density at radius 2 is 1.56 bits per heavy atom. The highest BCUT2D eigenvalue weighted by Gasteiger charge is 2.27. The van der Waals surface area contributed by atoms with Crippen molar-refractivity contribution in [2.24, 2.45) is 0 Å². The van der Waals surface area contributed by atoms with Crippen LogP contribution in [0, 0.1) is 13.8 Å². The van der Waals surface area contributed by atoms with Crippen molar-refractivity contribution >= 4 is 10.0 Å². The Morgan fingerprint density at radius 1 is 0.926 bits per heavy atom. The average Bonchev–Trinajstić information content (AvgIpc) is 2.64. The molecule has 0 bridgehead atoms. The molecule has 1 aliphatic rings. The predicted molar refractivity (Wildman–Crippen MR) is 108 cm³/mol. The molecular weight excluding hydrogens is 360 g/mol. The molecule has 0 amide bonds. The molecule has 0 aliphatic carbocycles. The summed E-state index contributed by atoms with van der Waals surface area (Å²) in [6.45, 7) is 7.46. The molecule has 3 rings (SSSR count). The van der Waals surface area contributed by atoms with Gasteiger partial charge in [0.2, 0.25) is 10.0 Å². The van der Waals surface area contributed by atoms with Crippen LogP contribution in [0.4, 0.5) is 0 Å². The van der Waals surface area contributed by atoms with Crippen LogP contribution in [0.2, 0.25) is 0 Å². The maximum atomic E-state index is 12.7. The summed E-state index contributed by atoms with van der Waals surface area (Å²) >= 11 is 0. The van der Waals surface area contributed by atoms with Crippen LogP contribution in [0.15, 0.2) is 42.5 Å². The number of benzene rings is 2. The molecule has 0 spiro atoms. The SMILES string of the molecule is COc1ccc(CN2CCN(S(=O)(=O)Cc3ccc(C)cc3)CC2)cc1C. The molecule has 6 heteroatoms. The van der Waals surface area contributed by atoms with Gasteiger partial charge in [-0.1, -0.05) is 42.0 Å². The van der Waals surface area contributed by atoms with Gasteiger partial charge in [0.15, 0.2) is 0 Å². The molecule has 2 aromatic carbocycles. The second-order valence-corrected chi connectivity index (χ2v) is 9.19. The Kier molecular flexibility index (Phi) is 6.19. The zero-order chi connectivity index (χ0) is 19.4. The lowest BCUT2D eigenvalue weighted by molar-refractivity contribution is 0.181. The van der Waals surface area contributed by atoms with Crippen molar-refractivity contribution in [3.8, 4) is 5.75 Å². The molecule has 1 aliphatic heterocycles. The Hall–Kier alpha value is -1.89. The number of methoxy groups -OCH3 is 1. The summed E-state index contributed by atoms with van der Waals surface area (Å²) in [5, 5.41) is 0. The molecule has 146 valence electrons. The fourth-order valence-electron chi connectivity index (χ4n) is 3.45. The fraction of sp³-hybridized carbons (Fsp3) is 0.429. The molecule has 0 saturated carbocycles. The largest absolute Gasteiger partial charge is 0.496 e. The number of piperazine rings is 1. The lowest BCUT2D eigenvalue weighted by Gasteiger charge is -2.34. The van der Waals surface area contributed by atoms with Gasteiger partial charge in [0.25, 0.3) is 0 Å². The maximum absolute atomic E-state index is 12.7. The van der Waals surface area contributed by atoms with Crippen LogP contribution in [-0.2, 0) is 22.3 Å². The van der Waals surface area contributed by atoms with Crippen molar-refractivity contribution in [2.45, 2.75) is 26.1 Å². The molecule has 0 radical (unpaired) electrons. The van der Waals surface area contributed by atoms with Crippen molar-refractivity contribution in [1.29, 1.82) is 0 Å². The van der Waals surface area contributed by atoms with Crippen LogP contribution in [0.5, 0.6) is 5.75 Å². The van der Waals surface area contributed by atoms with Crippen LogP contribution >= 0.6 is 0 Å². The normalized spacial score (nSPS) is 16.4. The smallest absolute Gasteiger partial charge is 0.218 e. The second-order valence-electron chi connectivity index (χ2n) is 7.22. The van der Waals surface area contributed by atoms with E-state index < -0.39 is 10.0 Å². The Bertz CT molecular complexity index is 871. The van der Waals surface area contributed by atoms with E-state index in [0.29, 0.717) is 13.1 Å². The van der Waals surface area contributed by atoms with Gasteiger partial charge in [-0.3, -0.25) is 4.90 Å². The van der Waals surface area contributed by atoms with Crippen LogP contribution < -0.4 is 4.74 Å². The van der Waals surface area contributed by atoms with E-state index in [-0.39, 0.29) is 5.75 Å². The van der Waals surface area contributed by atoms with Gasteiger partial charge >= 0.3 is 0 Å². The summed E-state index contributed by atoms with van der Waals surface area (Å²) in [6.07, 6.45) is 0. The predicted octanol–water partition coefficient (Wildman–Crippen LogP) is 2.96. The van der Waals surface area contributed by atoms with E-state index in [4.69, 9.17) is 4.74 Å². The maximum Gasteiger partial charge on any atom is 0.218 e. The second kappa shape index (κ2) is 8.42. The third-order valence-electron chi connectivity index (χ3n) is 5.06. The van der Waals surface area contributed by atoms with E-state index in [0.717, 1.165) is 42.1 Å². The van der Waals surface area contributed by atoms with Crippen molar-refractivity contribution in [3.05, 3.63) is 64.7 Å². The zero-order valence-electron chi connectivity index (χ0n) is 16.3. The summed E-state index contributed by atoms with van der Waals surface area (Å²) in [5.74, 6) is 0.969. The Balaban J connectivity index is 1.56. The molecule has 0 atom stereocenters. The minimum Gasteiger partial charge on any atom is -0.496 e. The number of hydrogen-bond donors (Lipinski definition) is 0. The van der Waals surface area contributed by atoms with Crippen LogP contribution in [0.1, 0.15) is 22.3 Å². The van der Waals surface area contributed by atoms with Crippen molar-refractivity contribution < 1.29 is 13.2 Å². The molecule has 27 heavy (non-hydrogen) atoms. The molecule has 0 aromatic heterocycles. The first kappa shape index (κ1) is 19.9. The van der Waals surface area contributed by atoms with Gasteiger partial charge < -0.3 is 4.74 Å². The third kappa shape index (κ3) is 5.09. The third-order valence-corrected chi connectivity index (χ3v) is 6.91. The molecule has 1 fully saturated rings. The van der Waals surface area contributed by atoms with Gasteiger partial charge in [0.05, 0.1) is 12.9 Å². The number of rotatable bonds is 6. The first-order valence-electron chi connectivity index (χ1n) is 9.26. The van der Waals surface area contributed by atoms with E-state index in [2.05, 4.69) is 17.0 Å². The number of ether oxygens (including phenoxy) is 1. The van der Waals surface area contributed by atoms with Gasteiger partial charge in [-0.05, 0) is 36.6 Å². The lowest BCUT2D eigenvalue weighted by atomic mass is 10.1. The van der Waals surface area contributed by atoms with Crippen LogP contribution in [0.3, 0.4) is 0 Å². The summed E-state index contributed by atoms with van der Waals surface area (Å²) in [6, 6.07) is 13.9. The summed E-state index contributed by atoms with van der Waals surface area (Å²) in [5.41, 5.74) is 4.33. The standard InChI is InChI=1S/C21H28N2O3S/c1-17-4-6-19(7-5-17)16-27(24,25)23-12-10-22(11-13-23)15-20-8-9-21(26-3)18(2)14-20/h4-9,14H,10-13,15-16H2,1-3H3. The molecule has 0 N–H and O–H groups in total. The average molecular weight is 389 g/mol. The highest BCUT2D eigenvalue weighted by atomic mass is 32.2. The first-order chi connectivity index (χ1) is 12.9. The lowest BCUT2D eigenvalue weighted by Crippen LogP contribution is -2.48. The Labute approximate surface area is 162 Å². The monoisotopic (exact) mass is 388 g/mol. The van der Waals surface area contributed by atoms with E-state index >= 15 is 0 Å². The quantitative estimate of drug-likeness (QED) is 0.763. The molecule has 1 heterocycles. The minimum atomic E-state index is -3.27. The molecule has 0 unspecified atom stereocenters. The molecule has 5 nitrogen and oxygen atoms in total. The van der Waals surface area contributed by atoms with E-state index in [9.17, 15) is 8.42 Å². The molecule has 2 aromatic rings. The summed E-state index contributed by atoms with van der Waals surface area (Å²) in [4.78, 5) is 2.30. The number of aryl methyl sites for hydroxylation is 2. The topological polar surface area (TPSA) is 49.9 Å². The number of sulfonamides is 1. The Morgan fingerprint density at radius 3 is 2.15 bits per heavy atom. The van der Waals surface area contributed by atoms with Gasteiger partial charge in [-0.15, -0.1) is 0 Å². The molecular formula is C21H28N2O3S. The van der Waals surface area contributed by atoms with Gasteiger partial charge in [0, 0.05) is 32.7 Å². The number of nitrogens with zero attached hydrogens (tertiary/aromatic N) is 2. The summed E-state index contributed by atoms with van der Waals surface area (Å²) < 4.78 is 32.4. The summed E-state index contributed by atoms with van der Waals surface area (Å²) in [7, 11) is -1.59. The van der Waals surface area contributed by atoms with Crippen LogP contribution in [0.25, 0.3) is 0 Å².